The lowest BCUT2D eigenvalue weighted by molar-refractivity contribution is -0.481. The number of nitro groups is 1. The van der Waals surface area contributed by atoms with Crippen LogP contribution in [0.5, 0.6) is 11.5 Å². The first-order valence-corrected chi connectivity index (χ1v) is 6.16. The molecule has 0 heterocycles. The zero-order valence-electron chi connectivity index (χ0n) is 11.0. The SMILES string of the molecule is COc1ccccc1C(C[N+](=O)[O-])c1ccccc1O. The largest absolute Gasteiger partial charge is 0.508 e. The Morgan fingerprint density at radius 2 is 1.75 bits per heavy atom. The fraction of sp³-hybridized carbons (Fsp3) is 0.200. The molecule has 1 unspecified atom stereocenters. The zero-order chi connectivity index (χ0) is 14.5. The molecule has 2 rings (SSSR count). The number of para-hydroxylation sites is 2. The fourth-order valence-electron chi connectivity index (χ4n) is 2.25. The number of hydrogen-bond donors (Lipinski definition) is 1. The topological polar surface area (TPSA) is 72.6 Å². The standard InChI is InChI=1S/C15H15NO4/c1-20-15-9-5-3-7-12(15)13(10-16(18)19)11-6-2-4-8-14(11)17/h2-9,13,17H,10H2,1H3. The van der Waals surface area contributed by atoms with Crippen LogP contribution < -0.4 is 4.74 Å². The molecular formula is C15H15NO4. The zero-order valence-corrected chi connectivity index (χ0v) is 11.0. The molecule has 0 saturated heterocycles. The summed E-state index contributed by atoms with van der Waals surface area (Å²) in [5.74, 6) is 0.0650. The number of aromatic hydroxyl groups is 1. The highest BCUT2D eigenvalue weighted by Gasteiger charge is 2.25. The molecular weight excluding hydrogens is 258 g/mol. The number of hydrogen-bond acceptors (Lipinski definition) is 4. The van der Waals surface area contributed by atoms with E-state index in [1.807, 2.05) is 0 Å². The van der Waals surface area contributed by atoms with Crippen LogP contribution in [0, 0.1) is 10.1 Å². The maximum absolute atomic E-state index is 11.0. The van der Waals surface area contributed by atoms with Gasteiger partial charge in [0.05, 0.1) is 13.0 Å². The van der Waals surface area contributed by atoms with Crippen molar-refractivity contribution in [1.82, 2.24) is 0 Å². The van der Waals surface area contributed by atoms with Gasteiger partial charge in [-0.1, -0.05) is 36.4 Å². The van der Waals surface area contributed by atoms with Crippen LogP contribution in [0.3, 0.4) is 0 Å². The molecule has 2 aromatic carbocycles. The first-order valence-electron chi connectivity index (χ1n) is 6.16. The molecule has 104 valence electrons. The first-order chi connectivity index (χ1) is 9.63. The van der Waals surface area contributed by atoms with Gasteiger partial charge in [-0.2, -0.15) is 0 Å². The Labute approximate surface area is 116 Å². The molecule has 0 aliphatic carbocycles. The second-order valence-electron chi connectivity index (χ2n) is 4.37. The van der Waals surface area contributed by atoms with Crippen molar-refractivity contribution in [1.29, 1.82) is 0 Å². The molecule has 0 spiro atoms. The monoisotopic (exact) mass is 273 g/mol. The molecule has 20 heavy (non-hydrogen) atoms. The normalized spacial score (nSPS) is 11.8. The number of methoxy groups -OCH3 is 1. The van der Waals surface area contributed by atoms with E-state index in [4.69, 9.17) is 4.74 Å². The van der Waals surface area contributed by atoms with Crippen molar-refractivity contribution in [2.75, 3.05) is 13.7 Å². The first kappa shape index (κ1) is 13.9. The lowest BCUT2D eigenvalue weighted by atomic mass is 9.90. The van der Waals surface area contributed by atoms with E-state index in [0.717, 1.165) is 0 Å². The van der Waals surface area contributed by atoms with Crippen LogP contribution in [0.4, 0.5) is 0 Å². The molecule has 0 saturated carbocycles. The van der Waals surface area contributed by atoms with E-state index >= 15 is 0 Å². The van der Waals surface area contributed by atoms with Crippen LogP contribution >= 0.6 is 0 Å². The van der Waals surface area contributed by atoms with E-state index in [-0.39, 0.29) is 17.2 Å². The summed E-state index contributed by atoms with van der Waals surface area (Å²) in [5.41, 5.74) is 1.21. The molecule has 2 aromatic rings. The molecule has 0 amide bonds. The van der Waals surface area contributed by atoms with Crippen LogP contribution in [-0.4, -0.2) is 23.7 Å². The van der Waals surface area contributed by atoms with Crippen LogP contribution in [0.2, 0.25) is 0 Å². The lowest BCUT2D eigenvalue weighted by Gasteiger charge is -2.17. The molecule has 0 radical (unpaired) electrons. The van der Waals surface area contributed by atoms with Gasteiger partial charge in [0, 0.05) is 16.1 Å². The Hall–Kier alpha value is -2.56. The summed E-state index contributed by atoms with van der Waals surface area (Å²) in [6.45, 7) is -0.308. The molecule has 1 atom stereocenters. The van der Waals surface area contributed by atoms with Gasteiger partial charge in [-0.25, -0.2) is 0 Å². The molecule has 0 aliphatic heterocycles. The lowest BCUT2D eigenvalue weighted by Crippen LogP contribution is -2.15. The Bertz CT molecular complexity index is 612. The molecule has 0 fully saturated rings. The molecule has 5 nitrogen and oxygen atoms in total. The van der Waals surface area contributed by atoms with Crippen molar-refractivity contribution in [2.45, 2.75) is 5.92 Å². The van der Waals surface area contributed by atoms with Crippen LogP contribution in [0.15, 0.2) is 48.5 Å². The highest BCUT2D eigenvalue weighted by molar-refractivity contribution is 5.46. The van der Waals surface area contributed by atoms with Crippen molar-refractivity contribution in [3.8, 4) is 11.5 Å². The Morgan fingerprint density at radius 1 is 1.15 bits per heavy atom. The molecule has 0 aromatic heterocycles. The van der Waals surface area contributed by atoms with Gasteiger partial charge in [-0.3, -0.25) is 10.1 Å². The molecule has 0 aliphatic rings. The summed E-state index contributed by atoms with van der Waals surface area (Å²) in [4.78, 5) is 10.6. The average Bonchev–Trinajstić information content (AvgIpc) is 2.45. The van der Waals surface area contributed by atoms with Gasteiger partial charge in [0.15, 0.2) is 0 Å². The Morgan fingerprint density at radius 3 is 2.35 bits per heavy atom. The number of phenols is 1. The average molecular weight is 273 g/mol. The van der Waals surface area contributed by atoms with Crippen molar-refractivity contribution in [2.24, 2.45) is 0 Å². The van der Waals surface area contributed by atoms with E-state index in [0.29, 0.717) is 16.9 Å². The number of rotatable bonds is 5. The highest BCUT2D eigenvalue weighted by atomic mass is 16.6. The van der Waals surface area contributed by atoms with Crippen molar-refractivity contribution in [3.63, 3.8) is 0 Å². The minimum atomic E-state index is -0.553. The van der Waals surface area contributed by atoms with Crippen LogP contribution in [0.1, 0.15) is 17.0 Å². The van der Waals surface area contributed by atoms with Gasteiger partial charge in [-0.05, 0) is 12.1 Å². The Kier molecular flexibility index (Phi) is 4.20. The summed E-state index contributed by atoms with van der Waals surface area (Å²) in [6, 6.07) is 13.8. The number of nitrogens with zero attached hydrogens (tertiary/aromatic N) is 1. The van der Waals surface area contributed by atoms with Gasteiger partial charge in [0.2, 0.25) is 6.54 Å². The second-order valence-corrected chi connectivity index (χ2v) is 4.37. The van der Waals surface area contributed by atoms with Crippen molar-refractivity contribution in [3.05, 3.63) is 69.8 Å². The quantitative estimate of drug-likeness (QED) is 0.671. The minimum absolute atomic E-state index is 0.0465. The van der Waals surface area contributed by atoms with Gasteiger partial charge in [0.1, 0.15) is 11.5 Å². The van der Waals surface area contributed by atoms with Crippen LogP contribution in [0.25, 0.3) is 0 Å². The van der Waals surface area contributed by atoms with Crippen molar-refractivity contribution < 1.29 is 14.8 Å². The summed E-state index contributed by atoms with van der Waals surface area (Å²) in [7, 11) is 1.52. The van der Waals surface area contributed by atoms with Crippen molar-refractivity contribution >= 4 is 0 Å². The molecule has 5 heteroatoms. The second kappa shape index (κ2) is 6.06. The predicted octanol–water partition coefficient (Wildman–Crippen LogP) is 2.81. The van der Waals surface area contributed by atoms with E-state index in [1.54, 1.807) is 42.5 Å². The van der Waals surface area contributed by atoms with E-state index in [2.05, 4.69) is 0 Å². The maximum atomic E-state index is 11.0. The summed E-state index contributed by atoms with van der Waals surface area (Å²) < 4.78 is 5.26. The van der Waals surface area contributed by atoms with Gasteiger partial charge in [0.25, 0.3) is 0 Å². The highest BCUT2D eigenvalue weighted by Crippen LogP contribution is 2.35. The summed E-state index contributed by atoms with van der Waals surface area (Å²) >= 11 is 0. The number of ether oxygens (including phenoxy) is 1. The van der Waals surface area contributed by atoms with E-state index in [9.17, 15) is 15.2 Å². The third kappa shape index (κ3) is 2.88. The third-order valence-corrected chi connectivity index (χ3v) is 3.16. The maximum Gasteiger partial charge on any atom is 0.214 e. The van der Waals surface area contributed by atoms with Gasteiger partial charge in [-0.15, -0.1) is 0 Å². The number of benzene rings is 2. The smallest absolute Gasteiger partial charge is 0.214 e. The van der Waals surface area contributed by atoms with E-state index in [1.165, 1.54) is 13.2 Å². The summed E-state index contributed by atoms with van der Waals surface area (Å²) in [6.07, 6.45) is 0. The van der Waals surface area contributed by atoms with Crippen LogP contribution in [-0.2, 0) is 0 Å². The third-order valence-electron chi connectivity index (χ3n) is 3.16. The minimum Gasteiger partial charge on any atom is -0.508 e. The summed E-state index contributed by atoms with van der Waals surface area (Å²) in [5, 5.41) is 20.9. The predicted molar refractivity (Wildman–Crippen MR) is 74.8 cm³/mol. The van der Waals surface area contributed by atoms with Gasteiger partial charge < -0.3 is 9.84 Å². The molecule has 1 N–H and O–H groups in total. The number of phenolic OH excluding ortho intramolecular Hbond substituents is 1. The molecule has 0 bridgehead atoms. The Balaban J connectivity index is 2.53. The fourth-order valence-corrected chi connectivity index (χ4v) is 2.25. The van der Waals surface area contributed by atoms with Gasteiger partial charge >= 0.3 is 0 Å². The van der Waals surface area contributed by atoms with E-state index < -0.39 is 5.92 Å².